The van der Waals surface area contributed by atoms with Crippen LogP contribution in [-0.2, 0) is 0 Å². The molecule has 0 aromatic carbocycles. The van der Waals surface area contributed by atoms with Crippen molar-refractivity contribution in [2.24, 2.45) is 0 Å². The molecular weight excluding hydrogens is 134 g/mol. The molecule has 1 nitrogen and oxygen atoms in total. The minimum atomic E-state index is 1.10. The fourth-order valence-corrected chi connectivity index (χ4v) is 1.05. The van der Waals surface area contributed by atoms with Crippen LogP contribution in [0.15, 0.2) is 12.8 Å². The Balaban J connectivity index is 3.36. The van der Waals surface area contributed by atoms with E-state index in [0.717, 1.165) is 11.3 Å². The summed E-state index contributed by atoms with van der Waals surface area (Å²) >= 11 is 0. The molecule has 1 rings (SSSR count). The second-order valence-electron chi connectivity index (χ2n) is 2.75. The Morgan fingerprint density at radius 1 is 1.27 bits per heavy atom. The summed E-state index contributed by atoms with van der Waals surface area (Å²) in [5, 5.41) is 0. The molecule has 1 aromatic heterocycles. The number of aryl methyl sites for hydroxylation is 1. The summed E-state index contributed by atoms with van der Waals surface area (Å²) in [6.07, 6.45) is 3.71. The fraction of sp³-hybridized carbons (Fsp3) is 0.300. The van der Waals surface area contributed by atoms with Crippen LogP contribution < -0.4 is 0 Å². The van der Waals surface area contributed by atoms with Crippen LogP contribution in [0.3, 0.4) is 0 Å². The quantitative estimate of drug-likeness (QED) is 0.595. The molecule has 0 radical (unpaired) electrons. The van der Waals surface area contributed by atoms with Crippen LogP contribution in [0.5, 0.6) is 0 Å². The van der Waals surface area contributed by atoms with Gasteiger partial charge in [0.05, 0.1) is 0 Å². The Bertz CT molecular complexity index is 287. The maximum atomic E-state index is 4.24. The molecule has 0 amide bonds. The van der Waals surface area contributed by atoms with Crippen LogP contribution in [0.2, 0.25) is 0 Å². The zero-order valence-corrected chi connectivity index (χ0v) is 7.31. The summed E-state index contributed by atoms with van der Waals surface area (Å²) in [5.41, 5.74) is 4.79. The van der Waals surface area contributed by atoms with Crippen molar-refractivity contribution in [3.63, 3.8) is 0 Å². The van der Waals surface area contributed by atoms with Crippen LogP contribution in [-0.4, -0.2) is 4.98 Å². The molecule has 0 saturated carbocycles. The monoisotopic (exact) mass is 147 g/mol. The van der Waals surface area contributed by atoms with Gasteiger partial charge in [-0.05, 0) is 37.5 Å². The lowest BCUT2D eigenvalue weighted by molar-refractivity contribution is 1.11. The molecule has 1 aromatic rings. The normalized spacial score (nSPS) is 9.73. The van der Waals surface area contributed by atoms with Gasteiger partial charge >= 0.3 is 0 Å². The fourth-order valence-electron chi connectivity index (χ4n) is 1.05. The molecule has 0 aliphatic rings. The Morgan fingerprint density at radius 2 is 1.91 bits per heavy atom. The first kappa shape index (κ1) is 7.99. The highest BCUT2D eigenvalue weighted by molar-refractivity contribution is 5.52. The van der Waals surface area contributed by atoms with E-state index in [-0.39, 0.29) is 0 Å². The van der Waals surface area contributed by atoms with Gasteiger partial charge in [-0.2, -0.15) is 0 Å². The van der Waals surface area contributed by atoms with Gasteiger partial charge in [0.15, 0.2) is 0 Å². The third kappa shape index (κ3) is 1.32. The molecule has 0 aliphatic carbocycles. The van der Waals surface area contributed by atoms with E-state index in [4.69, 9.17) is 0 Å². The Morgan fingerprint density at radius 3 is 2.45 bits per heavy atom. The van der Waals surface area contributed by atoms with Crippen molar-refractivity contribution < 1.29 is 0 Å². The van der Waals surface area contributed by atoms with Crippen molar-refractivity contribution >= 4 is 6.08 Å². The Hall–Kier alpha value is -1.11. The SMILES string of the molecule is C=Cc1cnc(C)c(C)c1C. The standard InChI is InChI=1S/C10H13N/c1-5-10-6-11-9(4)7(2)8(10)3/h5-6H,1H2,2-4H3. The number of aromatic nitrogens is 1. The highest BCUT2D eigenvalue weighted by atomic mass is 14.7. The van der Waals surface area contributed by atoms with Crippen molar-refractivity contribution in [3.8, 4) is 0 Å². The molecule has 0 saturated heterocycles. The van der Waals surface area contributed by atoms with Gasteiger partial charge in [0.2, 0.25) is 0 Å². The third-order valence-corrected chi connectivity index (χ3v) is 2.16. The summed E-state index contributed by atoms with van der Waals surface area (Å²) in [5.74, 6) is 0. The first-order valence-electron chi connectivity index (χ1n) is 3.72. The average molecular weight is 147 g/mol. The van der Waals surface area contributed by atoms with Crippen molar-refractivity contribution in [3.05, 3.63) is 35.2 Å². The summed E-state index contributed by atoms with van der Waals surface area (Å²) < 4.78 is 0. The van der Waals surface area contributed by atoms with Gasteiger partial charge in [-0.15, -0.1) is 0 Å². The highest BCUT2D eigenvalue weighted by Crippen LogP contribution is 2.14. The van der Waals surface area contributed by atoms with Crippen molar-refractivity contribution in [1.82, 2.24) is 4.98 Å². The van der Waals surface area contributed by atoms with Crippen molar-refractivity contribution in [2.75, 3.05) is 0 Å². The summed E-state index contributed by atoms with van der Waals surface area (Å²) in [4.78, 5) is 4.24. The van der Waals surface area contributed by atoms with E-state index < -0.39 is 0 Å². The molecule has 0 aliphatic heterocycles. The number of hydrogen-bond donors (Lipinski definition) is 0. The molecule has 0 atom stereocenters. The third-order valence-electron chi connectivity index (χ3n) is 2.16. The van der Waals surface area contributed by atoms with E-state index in [1.165, 1.54) is 11.1 Å². The first-order valence-corrected chi connectivity index (χ1v) is 3.72. The molecule has 1 heterocycles. The topological polar surface area (TPSA) is 12.9 Å². The Labute approximate surface area is 67.8 Å². The largest absolute Gasteiger partial charge is 0.261 e. The van der Waals surface area contributed by atoms with Gasteiger partial charge in [0.1, 0.15) is 0 Å². The van der Waals surface area contributed by atoms with E-state index in [9.17, 15) is 0 Å². The van der Waals surface area contributed by atoms with Gasteiger partial charge in [-0.25, -0.2) is 0 Å². The second kappa shape index (κ2) is 2.87. The van der Waals surface area contributed by atoms with Gasteiger partial charge in [-0.1, -0.05) is 12.7 Å². The average Bonchev–Trinajstić information content (AvgIpc) is 2.01. The molecular formula is C10H13N. The molecule has 1 heteroatoms. The zero-order chi connectivity index (χ0) is 8.43. The van der Waals surface area contributed by atoms with Crippen molar-refractivity contribution in [1.29, 1.82) is 0 Å². The van der Waals surface area contributed by atoms with Crippen molar-refractivity contribution in [2.45, 2.75) is 20.8 Å². The number of rotatable bonds is 1. The minimum Gasteiger partial charge on any atom is -0.261 e. The van der Waals surface area contributed by atoms with Crippen LogP contribution >= 0.6 is 0 Å². The predicted molar refractivity (Wildman–Crippen MR) is 48.5 cm³/mol. The van der Waals surface area contributed by atoms with Gasteiger partial charge in [0.25, 0.3) is 0 Å². The summed E-state index contributed by atoms with van der Waals surface area (Å²) in [6, 6.07) is 0. The number of hydrogen-bond acceptors (Lipinski definition) is 1. The van der Waals surface area contributed by atoms with E-state index >= 15 is 0 Å². The van der Waals surface area contributed by atoms with Crippen LogP contribution in [0.1, 0.15) is 22.4 Å². The first-order chi connectivity index (χ1) is 5.16. The molecule has 0 N–H and O–H groups in total. The molecule has 0 bridgehead atoms. The Kier molecular flexibility index (Phi) is 2.08. The van der Waals surface area contributed by atoms with Crippen LogP contribution in [0, 0.1) is 20.8 Å². The maximum Gasteiger partial charge on any atom is 0.0404 e. The number of pyridine rings is 1. The predicted octanol–water partition coefficient (Wildman–Crippen LogP) is 2.65. The van der Waals surface area contributed by atoms with E-state index in [1.54, 1.807) is 0 Å². The molecule has 0 unspecified atom stereocenters. The minimum absolute atomic E-state index is 1.10. The lowest BCUT2D eigenvalue weighted by atomic mass is 10.0. The van der Waals surface area contributed by atoms with Gasteiger partial charge in [0, 0.05) is 11.9 Å². The van der Waals surface area contributed by atoms with Gasteiger partial charge < -0.3 is 0 Å². The molecule has 0 fully saturated rings. The highest BCUT2D eigenvalue weighted by Gasteiger charge is 2.00. The van der Waals surface area contributed by atoms with E-state index in [2.05, 4.69) is 25.4 Å². The molecule has 11 heavy (non-hydrogen) atoms. The number of nitrogens with zero attached hydrogens (tertiary/aromatic N) is 1. The zero-order valence-electron chi connectivity index (χ0n) is 7.31. The lowest BCUT2D eigenvalue weighted by Crippen LogP contribution is -1.92. The summed E-state index contributed by atoms with van der Waals surface area (Å²) in [6.45, 7) is 9.93. The smallest absolute Gasteiger partial charge is 0.0404 e. The van der Waals surface area contributed by atoms with Crippen LogP contribution in [0.4, 0.5) is 0 Å². The second-order valence-corrected chi connectivity index (χ2v) is 2.75. The lowest BCUT2D eigenvalue weighted by Gasteiger charge is -2.05. The van der Waals surface area contributed by atoms with Gasteiger partial charge in [-0.3, -0.25) is 4.98 Å². The maximum absolute atomic E-state index is 4.24. The van der Waals surface area contributed by atoms with Crippen LogP contribution in [0.25, 0.3) is 6.08 Å². The van der Waals surface area contributed by atoms with E-state index in [0.29, 0.717) is 0 Å². The summed E-state index contributed by atoms with van der Waals surface area (Å²) in [7, 11) is 0. The molecule has 0 spiro atoms. The molecule has 58 valence electrons. The van der Waals surface area contributed by atoms with E-state index in [1.807, 2.05) is 19.2 Å².